The standard InChI is InChI=1S/C14H22F3NO2/c1-12(2)10(11(19)13(3,4)20-12)7-18(9-5-6-9)8-14(15,16)17/h9-10H,5-8H2,1-4H3. The van der Waals surface area contributed by atoms with Gasteiger partial charge in [0.25, 0.3) is 0 Å². The number of ketones is 1. The number of carbonyl (C=O) groups is 1. The number of Topliss-reactive ketones (excluding diaryl/α,β-unsaturated/α-hetero) is 1. The van der Waals surface area contributed by atoms with Crippen LogP contribution < -0.4 is 0 Å². The first-order valence-electron chi connectivity index (χ1n) is 6.98. The molecular weight excluding hydrogens is 271 g/mol. The van der Waals surface area contributed by atoms with Gasteiger partial charge in [-0.25, -0.2) is 0 Å². The highest BCUT2D eigenvalue weighted by molar-refractivity contribution is 5.91. The van der Waals surface area contributed by atoms with Gasteiger partial charge in [0.2, 0.25) is 0 Å². The summed E-state index contributed by atoms with van der Waals surface area (Å²) in [5.74, 6) is -0.615. The van der Waals surface area contributed by atoms with Gasteiger partial charge in [-0.2, -0.15) is 13.2 Å². The van der Waals surface area contributed by atoms with Crippen LogP contribution >= 0.6 is 0 Å². The molecule has 1 saturated carbocycles. The molecule has 2 rings (SSSR count). The van der Waals surface area contributed by atoms with Gasteiger partial charge in [-0.05, 0) is 40.5 Å². The van der Waals surface area contributed by atoms with Gasteiger partial charge in [0, 0.05) is 12.6 Å². The monoisotopic (exact) mass is 293 g/mol. The van der Waals surface area contributed by atoms with Gasteiger partial charge in [-0.1, -0.05) is 0 Å². The summed E-state index contributed by atoms with van der Waals surface area (Å²) in [6.07, 6.45) is -2.67. The first-order valence-corrected chi connectivity index (χ1v) is 6.98. The van der Waals surface area contributed by atoms with Crippen LogP contribution in [0.15, 0.2) is 0 Å². The molecule has 1 saturated heterocycles. The van der Waals surface area contributed by atoms with Gasteiger partial charge >= 0.3 is 6.18 Å². The molecule has 0 spiro atoms. The Balaban J connectivity index is 2.12. The lowest BCUT2D eigenvalue weighted by Crippen LogP contribution is -2.45. The van der Waals surface area contributed by atoms with Crippen molar-refractivity contribution in [3.05, 3.63) is 0 Å². The molecule has 6 heteroatoms. The lowest BCUT2D eigenvalue weighted by molar-refractivity contribution is -0.151. The van der Waals surface area contributed by atoms with Gasteiger partial charge in [-0.15, -0.1) is 0 Å². The Kier molecular flexibility index (Phi) is 3.70. The Morgan fingerprint density at radius 1 is 1.25 bits per heavy atom. The van der Waals surface area contributed by atoms with Crippen LogP contribution in [0.2, 0.25) is 0 Å². The van der Waals surface area contributed by atoms with E-state index in [9.17, 15) is 18.0 Å². The maximum atomic E-state index is 12.7. The largest absolute Gasteiger partial charge is 0.401 e. The summed E-state index contributed by atoms with van der Waals surface area (Å²) in [5, 5.41) is 0. The highest BCUT2D eigenvalue weighted by atomic mass is 19.4. The van der Waals surface area contributed by atoms with Gasteiger partial charge in [-0.3, -0.25) is 9.69 Å². The van der Waals surface area contributed by atoms with Crippen molar-refractivity contribution in [3.8, 4) is 0 Å². The Bertz CT molecular complexity index is 400. The van der Waals surface area contributed by atoms with E-state index in [0.29, 0.717) is 0 Å². The molecule has 2 fully saturated rings. The fraction of sp³-hybridized carbons (Fsp3) is 0.929. The van der Waals surface area contributed by atoms with E-state index < -0.39 is 29.8 Å². The number of hydrogen-bond acceptors (Lipinski definition) is 3. The number of halogens is 3. The van der Waals surface area contributed by atoms with Crippen LogP contribution in [0.4, 0.5) is 13.2 Å². The van der Waals surface area contributed by atoms with Gasteiger partial charge < -0.3 is 4.74 Å². The normalized spacial score (nSPS) is 29.2. The van der Waals surface area contributed by atoms with Crippen LogP contribution in [-0.4, -0.2) is 47.2 Å². The Hall–Kier alpha value is -0.620. The quantitative estimate of drug-likeness (QED) is 0.798. The predicted octanol–water partition coefficient (Wildman–Crippen LogP) is 2.79. The average molecular weight is 293 g/mol. The first kappa shape index (κ1) is 15.8. The number of nitrogens with zero attached hydrogens (tertiary/aromatic N) is 1. The second kappa shape index (κ2) is 4.70. The number of ether oxygens (including phenoxy) is 1. The molecule has 1 aliphatic carbocycles. The number of carbonyl (C=O) groups excluding carboxylic acids is 1. The second-order valence-electron chi connectivity index (χ2n) is 6.91. The number of hydrogen-bond donors (Lipinski definition) is 0. The van der Waals surface area contributed by atoms with Gasteiger partial charge in [0.15, 0.2) is 5.78 Å². The summed E-state index contributed by atoms with van der Waals surface area (Å²) >= 11 is 0. The molecule has 20 heavy (non-hydrogen) atoms. The van der Waals surface area contributed by atoms with Crippen molar-refractivity contribution >= 4 is 5.78 Å². The average Bonchev–Trinajstić information content (AvgIpc) is 3.00. The minimum absolute atomic E-state index is 0.0380. The molecule has 3 nitrogen and oxygen atoms in total. The lowest BCUT2D eigenvalue weighted by atomic mass is 9.85. The third-order valence-corrected chi connectivity index (χ3v) is 4.13. The summed E-state index contributed by atoms with van der Waals surface area (Å²) in [7, 11) is 0. The zero-order valence-electron chi connectivity index (χ0n) is 12.4. The van der Waals surface area contributed by atoms with E-state index in [0.717, 1.165) is 12.8 Å². The van der Waals surface area contributed by atoms with Crippen LogP contribution in [-0.2, 0) is 9.53 Å². The molecule has 0 aromatic rings. The molecule has 116 valence electrons. The first-order chi connectivity index (χ1) is 8.92. The summed E-state index contributed by atoms with van der Waals surface area (Å²) in [5.41, 5.74) is -1.64. The van der Waals surface area contributed by atoms with Crippen LogP contribution in [0.3, 0.4) is 0 Å². The van der Waals surface area contributed by atoms with E-state index in [4.69, 9.17) is 4.74 Å². The van der Waals surface area contributed by atoms with Crippen LogP contribution in [0, 0.1) is 5.92 Å². The number of alkyl halides is 3. The Morgan fingerprint density at radius 2 is 1.80 bits per heavy atom. The maximum absolute atomic E-state index is 12.7. The molecule has 1 aliphatic heterocycles. The summed E-state index contributed by atoms with van der Waals surface area (Å²) in [6, 6.07) is -0.0380. The predicted molar refractivity (Wildman–Crippen MR) is 68.4 cm³/mol. The maximum Gasteiger partial charge on any atom is 0.401 e. The molecule has 0 radical (unpaired) electrons. The summed E-state index contributed by atoms with van der Waals surface area (Å²) in [4.78, 5) is 13.8. The third kappa shape index (κ3) is 3.34. The third-order valence-electron chi connectivity index (χ3n) is 4.13. The van der Waals surface area contributed by atoms with Crippen molar-refractivity contribution in [1.82, 2.24) is 4.90 Å². The molecule has 0 aromatic heterocycles. The lowest BCUT2D eigenvalue weighted by Gasteiger charge is -2.31. The molecule has 1 unspecified atom stereocenters. The SMILES string of the molecule is CC1(C)OC(C)(C)C(CN(CC(F)(F)F)C2CC2)C1=O. The van der Waals surface area contributed by atoms with Crippen molar-refractivity contribution in [3.63, 3.8) is 0 Å². The molecule has 1 atom stereocenters. The van der Waals surface area contributed by atoms with Crippen molar-refractivity contribution in [2.24, 2.45) is 5.92 Å². The van der Waals surface area contributed by atoms with E-state index >= 15 is 0 Å². The van der Waals surface area contributed by atoms with E-state index in [2.05, 4.69) is 0 Å². The van der Waals surface area contributed by atoms with Crippen molar-refractivity contribution in [2.45, 2.75) is 64.0 Å². The fourth-order valence-corrected chi connectivity index (χ4v) is 3.06. The second-order valence-corrected chi connectivity index (χ2v) is 6.91. The van der Waals surface area contributed by atoms with E-state index in [1.807, 2.05) is 0 Å². The molecule has 1 heterocycles. The van der Waals surface area contributed by atoms with Crippen LogP contribution in [0.1, 0.15) is 40.5 Å². The highest BCUT2D eigenvalue weighted by Crippen LogP contribution is 2.41. The highest BCUT2D eigenvalue weighted by Gasteiger charge is 2.54. The fourth-order valence-electron chi connectivity index (χ4n) is 3.06. The van der Waals surface area contributed by atoms with Crippen molar-refractivity contribution in [1.29, 1.82) is 0 Å². The molecular formula is C14H22F3NO2. The van der Waals surface area contributed by atoms with Crippen molar-refractivity contribution in [2.75, 3.05) is 13.1 Å². The molecule has 2 aliphatic rings. The van der Waals surface area contributed by atoms with Gasteiger partial charge in [0.05, 0.1) is 18.1 Å². The zero-order valence-corrected chi connectivity index (χ0v) is 12.4. The minimum atomic E-state index is -4.23. The molecule has 0 bridgehead atoms. The topological polar surface area (TPSA) is 29.5 Å². The zero-order chi connectivity index (χ0) is 15.3. The summed E-state index contributed by atoms with van der Waals surface area (Å²) < 4.78 is 43.7. The van der Waals surface area contributed by atoms with E-state index in [1.165, 1.54) is 4.90 Å². The smallest absolute Gasteiger partial charge is 0.361 e. The van der Waals surface area contributed by atoms with E-state index in [1.54, 1.807) is 27.7 Å². The van der Waals surface area contributed by atoms with Crippen LogP contribution in [0.25, 0.3) is 0 Å². The Labute approximate surface area is 117 Å². The van der Waals surface area contributed by atoms with E-state index in [-0.39, 0.29) is 18.4 Å². The molecule has 0 aromatic carbocycles. The molecule has 0 N–H and O–H groups in total. The van der Waals surface area contributed by atoms with Crippen LogP contribution in [0.5, 0.6) is 0 Å². The van der Waals surface area contributed by atoms with Gasteiger partial charge in [0.1, 0.15) is 5.60 Å². The van der Waals surface area contributed by atoms with Crippen molar-refractivity contribution < 1.29 is 22.7 Å². The number of rotatable bonds is 4. The summed E-state index contributed by atoms with van der Waals surface area (Å²) in [6.45, 7) is 6.11. The minimum Gasteiger partial charge on any atom is -0.361 e. The Morgan fingerprint density at radius 3 is 2.15 bits per heavy atom. The molecule has 0 amide bonds.